The van der Waals surface area contributed by atoms with E-state index in [0.717, 1.165) is 30.3 Å². The van der Waals surface area contributed by atoms with E-state index >= 15 is 0 Å². The van der Waals surface area contributed by atoms with Gasteiger partial charge in [0, 0.05) is 11.8 Å². The molecule has 1 atom stereocenters. The number of hydrogen-bond donors (Lipinski definition) is 1. The zero-order valence-electron chi connectivity index (χ0n) is 14.7. The maximum Gasteiger partial charge on any atom is 0.416 e. The molecule has 0 saturated heterocycles. The summed E-state index contributed by atoms with van der Waals surface area (Å²) in [6.45, 7) is 1.34. The number of alkyl halides is 3. The Kier molecular flexibility index (Phi) is 6.55. The van der Waals surface area contributed by atoms with Gasteiger partial charge in [0.15, 0.2) is 6.10 Å². The molecule has 0 fully saturated rings. The highest BCUT2D eigenvalue weighted by Crippen LogP contribution is 2.29. The predicted molar refractivity (Wildman–Crippen MR) is 95.8 cm³/mol. The molecule has 0 heterocycles. The summed E-state index contributed by atoms with van der Waals surface area (Å²) in [5.74, 6) is -1.45. The molecule has 0 spiro atoms. The number of esters is 1. The van der Waals surface area contributed by atoms with Crippen molar-refractivity contribution in [2.45, 2.75) is 19.2 Å². The molecule has 2 aromatic rings. The number of anilines is 1. The van der Waals surface area contributed by atoms with Crippen molar-refractivity contribution in [3.63, 3.8) is 0 Å². The van der Waals surface area contributed by atoms with E-state index in [0.29, 0.717) is 11.1 Å². The number of nitriles is 1. The highest BCUT2D eigenvalue weighted by molar-refractivity contribution is 5.96. The van der Waals surface area contributed by atoms with Crippen molar-refractivity contribution in [2.75, 3.05) is 5.32 Å². The minimum absolute atomic E-state index is 0.147. The lowest BCUT2D eigenvalue weighted by molar-refractivity contribution is -0.148. The van der Waals surface area contributed by atoms with Crippen LogP contribution < -0.4 is 5.32 Å². The van der Waals surface area contributed by atoms with Gasteiger partial charge in [0.25, 0.3) is 5.91 Å². The van der Waals surface area contributed by atoms with Gasteiger partial charge in [-0.2, -0.15) is 18.4 Å². The smallest absolute Gasteiger partial charge is 0.416 e. The number of amides is 1. The number of halogens is 3. The van der Waals surface area contributed by atoms with Gasteiger partial charge < -0.3 is 10.1 Å². The van der Waals surface area contributed by atoms with Crippen molar-refractivity contribution in [1.82, 2.24) is 0 Å². The second-order valence-corrected chi connectivity index (χ2v) is 5.71. The van der Waals surface area contributed by atoms with E-state index in [-0.39, 0.29) is 5.69 Å². The Balaban J connectivity index is 1.89. The SMILES string of the molecule is C[C@@H](OC(=O)/C=C/c1ccc(C#N)cc1)C(=O)Nc1ccc(C(F)(F)F)cc1. The first-order chi connectivity index (χ1) is 13.2. The van der Waals surface area contributed by atoms with Crippen LogP contribution in [0.2, 0.25) is 0 Å². The molecule has 144 valence electrons. The number of nitrogens with one attached hydrogen (secondary N) is 1. The van der Waals surface area contributed by atoms with Crippen molar-refractivity contribution in [1.29, 1.82) is 5.26 Å². The maximum absolute atomic E-state index is 12.5. The fourth-order valence-corrected chi connectivity index (χ4v) is 2.09. The lowest BCUT2D eigenvalue weighted by Gasteiger charge is -2.13. The monoisotopic (exact) mass is 388 g/mol. The summed E-state index contributed by atoms with van der Waals surface area (Å²) < 4.78 is 42.5. The average molecular weight is 388 g/mol. The first-order valence-electron chi connectivity index (χ1n) is 8.06. The third-order valence-electron chi connectivity index (χ3n) is 3.59. The molecular weight excluding hydrogens is 373 g/mol. The van der Waals surface area contributed by atoms with E-state index in [4.69, 9.17) is 10.00 Å². The van der Waals surface area contributed by atoms with Gasteiger partial charge >= 0.3 is 12.1 Å². The number of carbonyl (C=O) groups excluding carboxylic acids is 2. The fraction of sp³-hybridized carbons (Fsp3) is 0.150. The normalized spacial score (nSPS) is 12.2. The maximum atomic E-state index is 12.5. The molecule has 0 aliphatic heterocycles. The van der Waals surface area contributed by atoms with Crippen molar-refractivity contribution in [2.24, 2.45) is 0 Å². The Morgan fingerprint density at radius 3 is 2.25 bits per heavy atom. The third kappa shape index (κ3) is 5.99. The zero-order chi connectivity index (χ0) is 20.7. The van der Waals surface area contributed by atoms with Crippen molar-refractivity contribution >= 4 is 23.6 Å². The third-order valence-corrected chi connectivity index (χ3v) is 3.59. The summed E-state index contributed by atoms with van der Waals surface area (Å²) >= 11 is 0. The molecule has 0 bridgehead atoms. The van der Waals surface area contributed by atoms with Crippen LogP contribution in [-0.2, 0) is 20.5 Å². The van der Waals surface area contributed by atoms with E-state index in [2.05, 4.69) is 5.32 Å². The Morgan fingerprint density at radius 1 is 1.11 bits per heavy atom. The number of rotatable bonds is 5. The first kappa shape index (κ1) is 20.7. The van der Waals surface area contributed by atoms with Gasteiger partial charge in [-0.25, -0.2) is 4.79 Å². The number of ether oxygens (including phenoxy) is 1. The summed E-state index contributed by atoms with van der Waals surface area (Å²) in [5.41, 5.74) is 0.457. The van der Waals surface area contributed by atoms with Crippen LogP contribution in [0.1, 0.15) is 23.6 Å². The molecule has 0 aliphatic carbocycles. The van der Waals surface area contributed by atoms with Crippen molar-refractivity contribution < 1.29 is 27.5 Å². The van der Waals surface area contributed by atoms with Crippen LogP contribution in [0.5, 0.6) is 0 Å². The summed E-state index contributed by atoms with van der Waals surface area (Å²) in [6, 6.07) is 12.3. The molecule has 0 unspecified atom stereocenters. The largest absolute Gasteiger partial charge is 0.449 e. The number of nitrogens with zero attached hydrogens (tertiary/aromatic N) is 1. The molecule has 1 amide bonds. The van der Waals surface area contributed by atoms with Crippen LogP contribution in [0.15, 0.2) is 54.6 Å². The summed E-state index contributed by atoms with van der Waals surface area (Å²) in [4.78, 5) is 23.8. The highest BCUT2D eigenvalue weighted by atomic mass is 19.4. The Labute approximate surface area is 159 Å². The Bertz CT molecular complexity index is 912. The lowest BCUT2D eigenvalue weighted by atomic mass is 10.1. The summed E-state index contributed by atoms with van der Waals surface area (Å²) in [6.07, 6.45) is -3.03. The Hall–Kier alpha value is -3.60. The number of benzene rings is 2. The standard InChI is InChI=1S/C20H15F3N2O3/c1-13(19(27)25-17-9-7-16(8-10-17)20(21,22)23)28-18(26)11-6-14-2-4-15(12-24)5-3-14/h2-11,13H,1H3,(H,25,27)/b11-6+/t13-/m1/s1. The molecule has 0 radical (unpaired) electrons. The van der Waals surface area contributed by atoms with Gasteiger partial charge in [-0.15, -0.1) is 0 Å². The zero-order valence-corrected chi connectivity index (χ0v) is 14.7. The topological polar surface area (TPSA) is 79.2 Å². The van der Waals surface area contributed by atoms with Crippen LogP contribution in [0, 0.1) is 11.3 Å². The lowest BCUT2D eigenvalue weighted by Crippen LogP contribution is -2.29. The van der Waals surface area contributed by atoms with Crippen LogP contribution in [0.3, 0.4) is 0 Å². The molecule has 0 aliphatic rings. The summed E-state index contributed by atoms with van der Waals surface area (Å²) in [5, 5.41) is 11.1. The summed E-state index contributed by atoms with van der Waals surface area (Å²) in [7, 11) is 0. The quantitative estimate of drug-likeness (QED) is 0.616. The highest BCUT2D eigenvalue weighted by Gasteiger charge is 2.30. The van der Waals surface area contributed by atoms with Gasteiger partial charge in [0.05, 0.1) is 17.2 Å². The van der Waals surface area contributed by atoms with Gasteiger partial charge in [-0.05, 0) is 55.0 Å². The van der Waals surface area contributed by atoms with Gasteiger partial charge in [-0.1, -0.05) is 12.1 Å². The van der Waals surface area contributed by atoms with Crippen LogP contribution in [0.25, 0.3) is 6.08 Å². The Morgan fingerprint density at radius 2 is 1.71 bits per heavy atom. The average Bonchev–Trinajstić information content (AvgIpc) is 2.66. The molecule has 8 heteroatoms. The van der Waals surface area contributed by atoms with Crippen LogP contribution >= 0.6 is 0 Å². The van der Waals surface area contributed by atoms with Crippen LogP contribution in [-0.4, -0.2) is 18.0 Å². The van der Waals surface area contributed by atoms with Gasteiger partial charge in [-0.3, -0.25) is 4.79 Å². The minimum Gasteiger partial charge on any atom is -0.449 e. The molecular formula is C20H15F3N2O3. The first-order valence-corrected chi connectivity index (χ1v) is 8.06. The molecule has 28 heavy (non-hydrogen) atoms. The fourth-order valence-electron chi connectivity index (χ4n) is 2.09. The van der Waals surface area contributed by atoms with Crippen LogP contribution in [0.4, 0.5) is 18.9 Å². The second-order valence-electron chi connectivity index (χ2n) is 5.71. The second kappa shape index (κ2) is 8.86. The van der Waals surface area contributed by atoms with E-state index in [9.17, 15) is 22.8 Å². The number of carbonyl (C=O) groups is 2. The molecule has 0 aromatic heterocycles. The van der Waals surface area contributed by atoms with Gasteiger partial charge in [0.1, 0.15) is 0 Å². The van der Waals surface area contributed by atoms with E-state index in [1.165, 1.54) is 13.0 Å². The molecule has 0 saturated carbocycles. The molecule has 1 N–H and O–H groups in total. The number of hydrogen-bond acceptors (Lipinski definition) is 4. The van der Waals surface area contributed by atoms with E-state index < -0.39 is 29.7 Å². The predicted octanol–water partition coefficient (Wildman–Crippen LogP) is 4.16. The van der Waals surface area contributed by atoms with Crippen molar-refractivity contribution in [3.8, 4) is 6.07 Å². The molecule has 2 aromatic carbocycles. The minimum atomic E-state index is -4.47. The molecule has 2 rings (SSSR count). The van der Waals surface area contributed by atoms with Crippen molar-refractivity contribution in [3.05, 3.63) is 71.3 Å². The molecule has 5 nitrogen and oxygen atoms in total. The van der Waals surface area contributed by atoms with E-state index in [1.54, 1.807) is 24.3 Å². The van der Waals surface area contributed by atoms with Gasteiger partial charge in [0.2, 0.25) is 0 Å². The van der Waals surface area contributed by atoms with E-state index in [1.807, 2.05) is 6.07 Å².